The number of piperazine rings is 1. The average Bonchev–Trinajstić information content (AvgIpc) is 2.14. The average molecular weight is 226 g/mol. The maximum atomic E-state index is 2.64. The van der Waals surface area contributed by atoms with Crippen molar-refractivity contribution in [2.75, 3.05) is 26.2 Å². The third-order valence-corrected chi connectivity index (χ3v) is 4.06. The van der Waals surface area contributed by atoms with Crippen molar-refractivity contribution in [3.8, 4) is 0 Å². The molecule has 0 amide bonds. The fraction of sp³-hybridized carbons (Fsp3) is 1.00. The highest BCUT2D eigenvalue weighted by Crippen LogP contribution is 2.26. The molecule has 1 aliphatic heterocycles. The van der Waals surface area contributed by atoms with Crippen LogP contribution in [0.4, 0.5) is 0 Å². The largest absolute Gasteiger partial charge is 0.298 e. The first-order valence-corrected chi connectivity index (χ1v) is 6.61. The maximum absolute atomic E-state index is 2.64. The standard InChI is InChI=1S/C14H30N2/c1-12(13(2,3)4)15-8-10-16(11-9-15)14(5,6)7/h12H,8-11H2,1-7H3. The summed E-state index contributed by atoms with van der Waals surface area (Å²) in [5, 5.41) is 0. The first-order chi connectivity index (χ1) is 7.12. The molecule has 0 aromatic rings. The predicted molar refractivity (Wildman–Crippen MR) is 71.8 cm³/mol. The normalized spacial score (nSPS) is 23.4. The van der Waals surface area contributed by atoms with Gasteiger partial charge in [0.2, 0.25) is 0 Å². The monoisotopic (exact) mass is 226 g/mol. The minimum absolute atomic E-state index is 0.330. The summed E-state index contributed by atoms with van der Waals surface area (Å²) in [6.45, 7) is 21.2. The summed E-state index contributed by atoms with van der Waals surface area (Å²) in [6.07, 6.45) is 0. The van der Waals surface area contributed by atoms with Gasteiger partial charge in [0.05, 0.1) is 0 Å². The van der Waals surface area contributed by atoms with Gasteiger partial charge in [-0.25, -0.2) is 0 Å². The third kappa shape index (κ3) is 3.46. The molecule has 1 rings (SSSR count). The van der Waals surface area contributed by atoms with Crippen LogP contribution in [0.2, 0.25) is 0 Å². The van der Waals surface area contributed by atoms with E-state index in [0.717, 1.165) is 0 Å². The van der Waals surface area contributed by atoms with Crippen molar-refractivity contribution >= 4 is 0 Å². The van der Waals surface area contributed by atoms with Crippen LogP contribution in [0.3, 0.4) is 0 Å². The Kier molecular flexibility index (Phi) is 4.07. The van der Waals surface area contributed by atoms with Crippen molar-refractivity contribution in [1.29, 1.82) is 0 Å². The number of hydrogen-bond acceptors (Lipinski definition) is 2. The van der Waals surface area contributed by atoms with Crippen molar-refractivity contribution in [2.45, 2.75) is 60.0 Å². The molecule has 0 aliphatic carbocycles. The lowest BCUT2D eigenvalue weighted by atomic mass is 9.86. The highest BCUT2D eigenvalue weighted by Gasteiger charge is 2.31. The molecule has 0 N–H and O–H groups in total. The summed E-state index contributed by atoms with van der Waals surface area (Å²) in [5.41, 5.74) is 0.723. The maximum Gasteiger partial charge on any atom is 0.0126 e. The van der Waals surface area contributed by atoms with E-state index in [1.165, 1.54) is 26.2 Å². The molecule has 0 aromatic carbocycles. The van der Waals surface area contributed by atoms with Crippen molar-refractivity contribution in [3.05, 3.63) is 0 Å². The quantitative estimate of drug-likeness (QED) is 0.678. The van der Waals surface area contributed by atoms with Gasteiger partial charge in [0.1, 0.15) is 0 Å². The minimum Gasteiger partial charge on any atom is -0.298 e. The van der Waals surface area contributed by atoms with E-state index in [9.17, 15) is 0 Å². The molecule has 0 bridgehead atoms. The molecule has 0 saturated carbocycles. The molecule has 2 heteroatoms. The van der Waals surface area contributed by atoms with E-state index in [2.05, 4.69) is 58.3 Å². The molecule has 0 aromatic heterocycles. The molecule has 0 radical (unpaired) electrons. The highest BCUT2D eigenvalue weighted by atomic mass is 15.3. The lowest BCUT2D eigenvalue weighted by molar-refractivity contribution is 0.0190. The summed E-state index contributed by atoms with van der Waals surface area (Å²) < 4.78 is 0. The SMILES string of the molecule is CC(N1CCN(C(C)(C)C)CC1)C(C)(C)C. The smallest absolute Gasteiger partial charge is 0.0126 e. The zero-order valence-electron chi connectivity index (χ0n) is 12.3. The van der Waals surface area contributed by atoms with Crippen LogP contribution >= 0.6 is 0 Å². The molecule has 1 saturated heterocycles. The Morgan fingerprint density at radius 2 is 1.25 bits per heavy atom. The van der Waals surface area contributed by atoms with Crippen LogP contribution in [-0.2, 0) is 0 Å². The molecule has 1 atom stereocenters. The third-order valence-electron chi connectivity index (χ3n) is 4.06. The lowest BCUT2D eigenvalue weighted by Crippen LogP contribution is -2.57. The van der Waals surface area contributed by atoms with Gasteiger partial charge in [-0.05, 0) is 33.1 Å². The summed E-state index contributed by atoms with van der Waals surface area (Å²) in [4.78, 5) is 5.24. The second kappa shape index (κ2) is 4.66. The van der Waals surface area contributed by atoms with Gasteiger partial charge in [0.25, 0.3) is 0 Å². The van der Waals surface area contributed by atoms with Crippen LogP contribution < -0.4 is 0 Å². The summed E-state index contributed by atoms with van der Waals surface area (Å²) in [6, 6.07) is 0.676. The van der Waals surface area contributed by atoms with Gasteiger partial charge in [-0.15, -0.1) is 0 Å². The van der Waals surface area contributed by atoms with Crippen molar-refractivity contribution in [3.63, 3.8) is 0 Å². The molecule has 1 aliphatic rings. The van der Waals surface area contributed by atoms with Crippen molar-refractivity contribution in [1.82, 2.24) is 9.80 Å². The van der Waals surface area contributed by atoms with Crippen LogP contribution in [0.5, 0.6) is 0 Å². The van der Waals surface area contributed by atoms with Crippen LogP contribution in [0, 0.1) is 5.41 Å². The molecule has 1 unspecified atom stereocenters. The van der Waals surface area contributed by atoms with Crippen LogP contribution in [-0.4, -0.2) is 47.6 Å². The summed E-state index contributed by atoms with van der Waals surface area (Å²) >= 11 is 0. The van der Waals surface area contributed by atoms with Crippen LogP contribution in [0.15, 0.2) is 0 Å². The Morgan fingerprint density at radius 3 is 1.56 bits per heavy atom. The van der Waals surface area contributed by atoms with Gasteiger partial charge in [-0.2, -0.15) is 0 Å². The Hall–Kier alpha value is -0.0800. The van der Waals surface area contributed by atoms with Gasteiger partial charge >= 0.3 is 0 Å². The van der Waals surface area contributed by atoms with E-state index >= 15 is 0 Å². The first-order valence-electron chi connectivity index (χ1n) is 6.61. The molecule has 1 heterocycles. The molecule has 2 nitrogen and oxygen atoms in total. The van der Waals surface area contributed by atoms with E-state index in [4.69, 9.17) is 0 Å². The van der Waals surface area contributed by atoms with Gasteiger partial charge in [-0.1, -0.05) is 20.8 Å². The van der Waals surface area contributed by atoms with Crippen LogP contribution in [0.1, 0.15) is 48.5 Å². The van der Waals surface area contributed by atoms with E-state index in [-0.39, 0.29) is 0 Å². The first kappa shape index (κ1) is 14.0. The summed E-state index contributed by atoms with van der Waals surface area (Å²) in [5.74, 6) is 0. The molecule has 16 heavy (non-hydrogen) atoms. The zero-order chi connectivity index (χ0) is 12.6. The van der Waals surface area contributed by atoms with Gasteiger partial charge in [0.15, 0.2) is 0 Å². The van der Waals surface area contributed by atoms with E-state index in [0.29, 0.717) is 17.0 Å². The number of nitrogens with zero attached hydrogens (tertiary/aromatic N) is 2. The predicted octanol–water partition coefficient (Wildman–Crippen LogP) is 2.84. The molecular formula is C14H30N2. The van der Waals surface area contributed by atoms with Gasteiger partial charge in [-0.3, -0.25) is 9.80 Å². The number of rotatable bonds is 1. The Labute approximate surface area is 102 Å². The Balaban J connectivity index is 2.50. The van der Waals surface area contributed by atoms with Gasteiger partial charge < -0.3 is 0 Å². The van der Waals surface area contributed by atoms with E-state index in [1.54, 1.807) is 0 Å². The minimum atomic E-state index is 0.330. The van der Waals surface area contributed by atoms with Crippen molar-refractivity contribution in [2.24, 2.45) is 5.41 Å². The Bertz CT molecular complexity index is 214. The zero-order valence-corrected chi connectivity index (χ0v) is 12.3. The second-order valence-corrected chi connectivity index (χ2v) is 7.24. The molecule has 0 spiro atoms. The highest BCUT2D eigenvalue weighted by molar-refractivity contribution is 4.86. The van der Waals surface area contributed by atoms with Gasteiger partial charge in [0, 0.05) is 37.8 Å². The molecule has 1 fully saturated rings. The molecular weight excluding hydrogens is 196 g/mol. The fourth-order valence-corrected chi connectivity index (χ4v) is 2.33. The molecule has 96 valence electrons. The summed E-state index contributed by atoms with van der Waals surface area (Å²) in [7, 11) is 0. The fourth-order valence-electron chi connectivity index (χ4n) is 2.33. The second-order valence-electron chi connectivity index (χ2n) is 7.24. The van der Waals surface area contributed by atoms with E-state index in [1.807, 2.05) is 0 Å². The van der Waals surface area contributed by atoms with Crippen LogP contribution in [0.25, 0.3) is 0 Å². The van der Waals surface area contributed by atoms with E-state index < -0.39 is 0 Å². The Morgan fingerprint density at radius 1 is 0.812 bits per heavy atom. The van der Waals surface area contributed by atoms with Crippen molar-refractivity contribution < 1.29 is 0 Å². The number of hydrogen-bond donors (Lipinski definition) is 0. The topological polar surface area (TPSA) is 6.48 Å². The lowest BCUT2D eigenvalue weighted by Gasteiger charge is -2.46.